The van der Waals surface area contributed by atoms with Crippen LogP contribution in [-0.4, -0.2) is 21.0 Å². The van der Waals surface area contributed by atoms with Crippen molar-refractivity contribution in [3.05, 3.63) is 48.5 Å². The molecule has 1 amide bonds. The fourth-order valence-corrected chi connectivity index (χ4v) is 2.48. The van der Waals surface area contributed by atoms with Crippen LogP contribution in [0.1, 0.15) is 18.7 Å². The molecule has 1 fully saturated rings. The number of pyridine rings is 1. The van der Waals surface area contributed by atoms with E-state index in [4.69, 9.17) is 0 Å². The Kier molecular flexibility index (Phi) is 4.14. The van der Waals surface area contributed by atoms with Crippen LogP contribution in [0.25, 0.3) is 22.5 Å². The number of carbonyl (C=O) groups is 1. The Balaban J connectivity index is 1.48. The highest BCUT2D eigenvalue weighted by atomic mass is 19.4. The molecule has 27 heavy (non-hydrogen) atoms. The summed E-state index contributed by atoms with van der Waals surface area (Å²) < 4.78 is 41.8. The SMILES string of the molecule is O=C(Nc1ccc(-c2ccc(-c3noc(C(F)(F)F)n3)cc2)cn1)C1CC1. The van der Waals surface area contributed by atoms with Gasteiger partial charge >= 0.3 is 12.1 Å². The van der Waals surface area contributed by atoms with Gasteiger partial charge in [-0.1, -0.05) is 29.4 Å². The van der Waals surface area contributed by atoms with Crippen molar-refractivity contribution >= 4 is 11.7 Å². The third-order valence-electron chi connectivity index (χ3n) is 4.11. The van der Waals surface area contributed by atoms with Crippen LogP contribution in [0.15, 0.2) is 47.1 Å². The van der Waals surface area contributed by atoms with E-state index in [2.05, 4.69) is 25.0 Å². The quantitative estimate of drug-likeness (QED) is 0.741. The zero-order chi connectivity index (χ0) is 19.0. The van der Waals surface area contributed by atoms with Gasteiger partial charge in [0.2, 0.25) is 11.7 Å². The van der Waals surface area contributed by atoms with Gasteiger partial charge in [0.25, 0.3) is 0 Å². The van der Waals surface area contributed by atoms with Gasteiger partial charge in [-0.3, -0.25) is 4.79 Å². The number of alkyl halides is 3. The third-order valence-corrected chi connectivity index (χ3v) is 4.11. The van der Waals surface area contributed by atoms with Crippen molar-refractivity contribution in [3.63, 3.8) is 0 Å². The highest BCUT2D eigenvalue weighted by molar-refractivity contribution is 5.93. The molecule has 0 aliphatic heterocycles. The number of hydrogen-bond acceptors (Lipinski definition) is 5. The Morgan fingerprint density at radius 2 is 1.70 bits per heavy atom. The van der Waals surface area contributed by atoms with E-state index in [1.54, 1.807) is 42.6 Å². The van der Waals surface area contributed by atoms with Crippen LogP contribution in [0, 0.1) is 5.92 Å². The van der Waals surface area contributed by atoms with Crippen LogP contribution in [0.2, 0.25) is 0 Å². The molecule has 138 valence electrons. The molecule has 0 bridgehead atoms. The second-order valence-corrected chi connectivity index (χ2v) is 6.19. The van der Waals surface area contributed by atoms with Gasteiger partial charge in [-0.15, -0.1) is 0 Å². The number of rotatable bonds is 4. The van der Waals surface area contributed by atoms with Crippen LogP contribution in [0.5, 0.6) is 0 Å². The maximum atomic E-state index is 12.5. The summed E-state index contributed by atoms with van der Waals surface area (Å²) in [5, 5.41) is 6.11. The van der Waals surface area contributed by atoms with E-state index in [9.17, 15) is 18.0 Å². The van der Waals surface area contributed by atoms with E-state index in [1.807, 2.05) is 0 Å². The molecule has 0 unspecified atom stereocenters. The van der Waals surface area contributed by atoms with Crippen molar-refractivity contribution in [1.82, 2.24) is 15.1 Å². The molecule has 1 aliphatic rings. The molecule has 1 aromatic carbocycles. The largest absolute Gasteiger partial charge is 0.471 e. The molecule has 2 heterocycles. The van der Waals surface area contributed by atoms with Gasteiger partial charge in [0.05, 0.1) is 0 Å². The third kappa shape index (κ3) is 3.81. The standard InChI is InChI=1S/C18H13F3N4O2/c19-18(20,21)17-24-15(25-27-17)11-3-1-10(2-4-11)13-7-8-14(22-9-13)23-16(26)12-5-6-12/h1-4,7-9,12H,5-6H2,(H,22,23,26). The van der Waals surface area contributed by atoms with Crippen molar-refractivity contribution in [1.29, 1.82) is 0 Å². The van der Waals surface area contributed by atoms with Gasteiger partial charge in [-0.2, -0.15) is 18.2 Å². The predicted molar refractivity (Wildman–Crippen MR) is 89.3 cm³/mol. The van der Waals surface area contributed by atoms with Crippen LogP contribution in [0.3, 0.4) is 0 Å². The zero-order valence-electron chi connectivity index (χ0n) is 13.8. The molecule has 0 spiro atoms. The molecule has 6 nitrogen and oxygen atoms in total. The number of aromatic nitrogens is 3. The van der Waals surface area contributed by atoms with E-state index in [0.717, 1.165) is 24.0 Å². The summed E-state index contributed by atoms with van der Waals surface area (Å²) >= 11 is 0. The summed E-state index contributed by atoms with van der Waals surface area (Å²) in [5.74, 6) is -0.946. The van der Waals surface area contributed by atoms with Crippen LogP contribution in [-0.2, 0) is 11.0 Å². The summed E-state index contributed by atoms with van der Waals surface area (Å²) in [6.07, 6.45) is -1.22. The molecule has 9 heteroatoms. The molecule has 1 N–H and O–H groups in total. The summed E-state index contributed by atoms with van der Waals surface area (Å²) in [6, 6.07) is 10.2. The first kappa shape index (κ1) is 17.2. The van der Waals surface area contributed by atoms with Crippen LogP contribution >= 0.6 is 0 Å². The molecule has 4 rings (SSSR count). The van der Waals surface area contributed by atoms with E-state index in [1.165, 1.54) is 0 Å². The lowest BCUT2D eigenvalue weighted by Gasteiger charge is -2.06. The van der Waals surface area contributed by atoms with E-state index >= 15 is 0 Å². The second-order valence-electron chi connectivity index (χ2n) is 6.19. The number of carbonyl (C=O) groups excluding carboxylic acids is 1. The molecular weight excluding hydrogens is 361 g/mol. The van der Waals surface area contributed by atoms with Crippen molar-refractivity contribution in [2.24, 2.45) is 5.92 Å². The Morgan fingerprint density at radius 3 is 2.26 bits per heavy atom. The number of nitrogens with zero attached hydrogens (tertiary/aromatic N) is 3. The molecule has 1 saturated carbocycles. The van der Waals surface area contributed by atoms with Crippen LogP contribution < -0.4 is 5.32 Å². The maximum Gasteiger partial charge on any atom is 0.471 e. The first-order valence-electron chi connectivity index (χ1n) is 8.19. The smallest absolute Gasteiger partial charge is 0.329 e. The number of nitrogens with one attached hydrogen (secondary N) is 1. The molecule has 0 radical (unpaired) electrons. The average molecular weight is 374 g/mol. The van der Waals surface area contributed by atoms with Crippen molar-refractivity contribution < 1.29 is 22.5 Å². The molecule has 0 atom stereocenters. The van der Waals surface area contributed by atoms with Crippen molar-refractivity contribution in [3.8, 4) is 22.5 Å². The number of benzene rings is 1. The van der Waals surface area contributed by atoms with E-state index < -0.39 is 12.1 Å². The van der Waals surface area contributed by atoms with Crippen LogP contribution in [0.4, 0.5) is 19.0 Å². The lowest BCUT2D eigenvalue weighted by atomic mass is 10.1. The van der Waals surface area contributed by atoms with Gasteiger partial charge < -0.3 is 9.84 Å². The highest BCUT2D eigenvalue weighted by Gasteiger charge is 2.38. The summed E-state index contributed by atoms with van der Waals surface area (Å²) in [6.45, 7) is 0. The molecule has 1 aliphatic carbocycles. The monoisotopic (exact) mass is 374 g/mol. The minimum Gasteiger partial charge on any atom is -0.329 e. The lowest BCUT2D eigenvalue weighted by molar-refractivity contribution is -0.159. The number of anilines is 1. The molecule has 3 aromatic rings. The molecule has 2 aromatic heterocycles. The first-order chi connectivity index (χ1) is 12.9. The zero-order valence-corrected chi connectivity index (χ0v) is 13.8. The normalized spacial score (nSPS) is 14.2. The van der Waals surface area contributed by atoms with Gasteiger partial charge in [0.1, 0.15) is 5.82 Å². The average Bonchev–Trinajstić information content (AvgIpc) is 3.38. The molecular formula is C18H13F3N4O2. The van der Waals surface area contributed by atoms with Gasteiger partial charge in [-0.05, 0) is 30.5 Å². The summed E-state index contributed by atoms with van der Waals surface area (Å²) in [7, 11) is 0. The van der Waals surface area contributed by atoms with Gasteiger partial charge in [-0.25, -0.2) is 4.98 Å². The Bertz CT molecular complexity index is 962. The lowest BCUT2D eigenvalue weighted by Crippen LogP contribution is -2.14. The van der Waals surface area contributed by atoms with Crippen molar-refractivity contribution in [2.75, 3.05) is 5.32 Å². The fraction of sp³-hybridized carbons (Fsp3) is 0.222. The number of halogens is 3. The fourth-order valence-electron chi connectivity index (χ4n) is 2.48. The van der Waals surface area contributed by atoms with Gasteiger partial charge in [0.15, 0.2) is 0 Å². The first-order valence-corrected chi connectivity index (χ1v) is 8.19. The Morgan fingerprint density at radius 1 is 1.04 bits per heavy atom. The maximum absolute atomic E-state index is 12.5. The van der Waals surface area contributed by atoms with Crippen molar-refractivity contribution in [2.45, 2.75) is 19.0 Å². The minimum atomic E-state index is -4.67. The van der Waals surface area contributed by atoms with E-state index in [0.29, 0.717) is 11.4 Å². The Labute approximate surface area is 151 Å². The summed E-state index contributed by atoms with van der Waals surface area (Å²) in [5.41, 5.74) is 2.01. The number of hydrogen-bond donors (Lipinski definition) is 1. The van der Waals surface area contributed by atoms with E-state index in [-0.39, 0.29) is 17.6 Å². The predicted octanol–water partition coefficient (Wildman–Crippen LogP) is 4.17. The second kappa shape index (κ2) is 6.49. The Hall–Kier alpha value is -3.23. The highest BCUT2D eigenvalue weighted by Crippen LogP contribution is 2.31. The minimum absolute atomic E-state index is 0.0158. The summed E-state index contributed by atoms with van der Waals surface area (Å²) in [4.78, 5) is 19.3. The van der Waals surface area contributed by atoms with Gasteiger partial charge in [0, 0.05) is 23.2 Å². The topological polar surface area (TPSA) is 80.9 Å². The molecule has 0 saturated heterocycles. The number of amides is 1.